The van der Waals surface area contributed by atoms with Gasteiger partial charge in [-0.15, -0.1) is 0 Å². The van der Waals surface area contributed by atoms with E-state index in [1.54, 1.807) is 18.7 Å². The SMILES string of the molecule is CCC(CSC)NCC(C)C(=O)O. The Morgan fingerprint density at radius 3 is 2.62 bits per heavy atom. The summed E-state index contributed by atoms with van der Waals surface area (Å²) in [4.78, 5) is 10.5. The summed E-state index contributed by atoms with van der Waals surface area (Å²) in [5.41, 5.74) is 0. The van der Waals surface area contributed by atoms with Crippen molar-refractivity contribution in [3.05, 3.63) is 0 Å². The van der Waals surface area contributed by atoms with Gasteiger partial charge < -0.3 is 10.4 Å². The fourth-order valence-electron chi connectivity index (χ4n) is 0.953. The molecule has 0 spiro atoms. The standard InChI is InChI=1S/C9H19NO2S/c1-4-8(6-13-3)10-5-7(2)9(11)12/h7-8,10H,4-6H2,1-3H3,(H,11,12). The smallest absolute Gasteiger partial charge is 0.307 e. The molecule has 4 heteroatoms. The van der Waals surface area contributed by atoms with Gasteiger partial charge in [0.05, 0.1) is 5.92 Å². The number of carbonyl (C=O) groups is 1. The Morgan fingerprint density at radius 1 is 1.62 bits per heavy atom. The lowest BCUT2D eigenvalue weighted by Crippen LogP contribution is -2.36. The molecule has 0 saturated heterocycles. The number of carboxylic acids is 1. The monoisotopic (exact) mass is 205 g/mol. The highest BCUT2D eigenvalue weighted by Gasteiger charge is 2.12. The van der Waals surface area contributed by atoms with Gasteiger partial charge in [0, 0.05) is 18.3 Å². The lowest BCUT2D eigenvalue weighted by molar-refractivity contribution is -0.140. The van der Waals surface area contributed by atoms with Crippen molar-refractivity contribution in [2.75, 3.05) is 18.6 Å². The van der Waals surface area contributed by atoms with E-state index >= 15 is 0 Å². The van der Waals surface area contributed by atoms with Gasteiger partial charge in [-0.25, -0.2) is 0 Å². The molecule has 0 heterocycles. The minimum atomic E-state index is -0.730. The van der Waals surface area contributed by atoms with Crippen molar-refractivity contribution in [2.45, 2.75) is 26.3 Å². The Morgan fingerprint density at radius 2 is 2.23 bits per heavy atom. The number of rotatable bonds is 7. The van der Waals surface area contributed by atoms with Crippen LogP contribution in [-0.4, -0.2) is 35.7 Å². The van der Waals surface area contributed by atoms with Crippen LogP contribution < -0.4 is 5.32 Å². The molecule has 0 aromatic carbocycles. The Kier molecular flexibility index (Phi) is 7.09. The van der Waals surface area contributed by atoms with E-state index in [9.17, 15) is 4.79 Å². The van der Waals surface area contributed by atoms with Gasteiger partial charge in [-0.05, 0) is 12.7 Å². The summed E-state index contributed by atoms with van der Waals surface area (Å²) >= 11 is 1.78. The molecule has 0 saturated carbocycles. The highest BCUT2D eigenvalue weighted by Crippen LogP contribution is 2.02. The molecule has 0 aliphatic carbocycles. The Hall–Kier alpha value is -0.220. The zero-order valence-corrected chi connectivity index (χ0v) is 9.36. The molecule has 0 amide bonds. The van der Waals surface area contributed by atoms with E-state index in [0.29, 0.717) is 12.6 Å². The summed E-state index contributed by atoms with van der Waals surface area (Å²) in [5, 5.41) is 11.9. The average Bonchev–Trinajstić information content (AvgIpc) is 2.11. The molecule has 0 fully saturated rings. The quantitative estimate of drug-likeness (QED) is 0.660. The average molecular weight is 205 g/mol. The number of hydrogen-bond acceptors (Lipinski definition) is 3. The van der Waals surface area contributed by atoms with Crippen LogP contribution in [0.15, 0.2) is 0 Å². The predicted molar refractivity (Wildman–Crippen MR) is 57.3 cm³/mol. The van der Waals surface area contributed by atoms with Gasteiger partial charge >= 0.3 is 5.97 Å². The van der Waals surface area contributed by atoms with Crippen molar-refractivity contribution >= 4 is 17.7 Å². The van der Waals surface area contributed by atoms with Crippen molar-refractivity contribution < 1.29 is 9.90 Å². The van der Waals surface area contributed by atoms with Crippen molar-refractivity contribution in [1.82, 2.24) is 5.32 Å². The summed E-state index contributed by atoms with van der Waals surface area (Å²) < 4.78 is 0. The van der Waals surface area contributed by atoms with E-state index in [4.69, 9.17) is 5.11 Å². The van der Waals surface area contributed by atoms with Gasteiger partial charge in [-0.3, -0.25) is 4.79 Å². The maximum atomic E-state index is 10.5. The molecule has 3 nitrogen and oxygen atoms in total. The molecule has 0 aromatic rings. The highest BCUT2D eigenvalue weighted by atomic mass is 32.2. The fourth-order valence-corrected chi connectivity index (χ4v) is 1.71. The largest absolute Gasteiger partial charge is 0.481 e. The summed E-state index contributed by atoms with van der Waals surface area (Å²) in [6, 6.07) is 0.441. The summed E-state index contributed by atoms with van der Waals surface area (Å²) in [7, 11) is 0. The van der Waals surface area contributed by atoms with Crippen LogP contribution in [-0.2, 0) is 4.79 Å². The molecule has 0 aromatic heterocycles. The van der Waals surface area contributed by atoms with Gasteiger partial charge in [-0.1, -0.05) is 13.8 Å². The van der Waals surface area contributed by atoms with Crippen molar-refractivity contribution in [2.24, 2.45) is 5.92 Å². The molecule has 2 N–H and O–H groups in total. The van der Waals surface area contributed by atoms with Crippen LogP contribution in [0.25, 0.3) is 0 Å². The van der Waals surface area contributed by atoms with Gasteiger partial charge in [0.1, 0.15) is 0 Å². The second kappa shape index (κ2) is 7.21. The van der Waals surface area contributed by atoms with E-state index in [-0.39, 0.29) is 5.92 Å². The second-order valence-corrected chi connectivity index (χ2v) is 4.12. The first-order valence-corrected chi connectivity index (χ1v) is 5.96. The first kappa shape index (κ1) is 12.8. The predicted octanol–water partition coefficient (Wildman–Crippen LogP) is 1.44. The van der Waals surface area contributed by atoms with E-state index in [1.807, 2.05) is 0 Å². The molecule has 78 valence electrons. The summed E-state index contributed by atoms with van der Waals surface area (Å²) in [5.74, 6) is 0.0189. The minimum Gasteiger partial charge on any atom is -0.481 e. The molecular formula is C9H19NO2S. The maximum absolute atomic E-state index is 10.5. The molecule has 2 unspecified atom stereocenters. The third kappa shape index (κ3) is 5.93. The lowest BCUT2D eigenvalue weighted by atomic mass is 10.1. The van der Waals surface area contributed by atoms with Crippen LogP contribution in [0, 0.1) is 5.92 Å². The second-order valence-electron chi connectivity index (χ2n) is 3.21. The first-order valence-electron chi connectivity index (χ1n) is 4.56. The molecule has 0 aliphatic rings. The summed E-state index contributed by atoms with van der Waals surface area (Å²) in [6.45, 7) is 4.40. The first-order chi connectivity index (χ1) is 6.11. The highest BCUT2D eigenvalue weighted by molar-refractivity contribution is 7.98. The van der Waals surface area contributed by atoms with Crippen molar-refractivity contribution in [3.8, 4) is 0 Å². The Bertz CT molecular complexity index is 153. The van der Waals surface area contributed by atoms with E-state index in [2.05, 4.69) is 18.5 Å². The van der Waals surface area contributed by atoms with Crippen LogP contribution in [0.4, 0.5) is 0 Å². The number of aliphatic carboxylic acids is 1. The molecular weight excluding hydrogens is 186 g/mol. The third-order valence-corrected chi connectivity index (χ3v) is 2.73. The molecule has 2 atom stereocenters. The van der Waals surface area contributed by atoms with Crippen LogP contribution >= 0.6 is 11.8 Å². The van der Waals surface area contributed by atoms with E-state index in [0.717, 1.165) is 12.2 Å². The minimum absolute atomic E-state index is 0.295. The lowest BCUT2D eigenvalue weighted by Gasteiger charge is -2.17. The molecule has 0 bridgehead atoms. The normalized spacial score (nSPS) is 15.3. The van der Waals surface area contributed by atoms with Crippen molar-refractivity contribution in [3.63, 3.8) is 0 Å². The zero-order valence-electron chi connectivity index (χ0n) is 8.54. The van der Waals surface area contributed by atoms with Crippen LogP contribution in [0.3, 0.4) is 0 Å². The van der Waals surface area contributed by atoms with Gasteiger partial charge in [0.2, 0.25) is 0 Å². The number of carboxylic acid groups (broad SMARTS) is 1. The number of nitrogens with one attached hydrogen (secondary N) is 1. The third-order valence-electron chi connectivity index (χ3n) is 1.99. The van der Waals surface area contributed by atoms with E-state index in [1.165, 1.54) is 0 Å². The van der Waals surface area contributed by atoms with Crippen LogP contribution in [0.1, 0.15) is 20.3 Å². The molecule has 0 rings (SSSR count). The van der Waals surface area contributed by atoms with Crippen molar-refractivity contribution in [1.29, 1.82) is 0 Å². The summed E-state index contributed by atoms with van der Waals surface area (Å²) in [6.07, 6.45) is 3.11. The van der Waals surface area contributed by atoms with E-state index < -0.39 is 5.97 Å². The Balaban J connectivity index is 3.64. The number of thioether (sulfide) groups is 1. The van der Waals surface area contributed by atoms with Gasteiger partial charge in [0.25, 0.3) is 0 Å². The maximum Gasteiger partial charge on any atom is 0.307 e. The number of hydrogen-bond donors (Lipinski definition) is 2. The molecule has 0 radical (unpaired) electrons. The Labute approximate surface area is 84.3 Å². The van der Waals surface area contributed by atoms with Gasteiger partial charge in [0.15, 0.2) is 0 Å². The fraction of sp³-hybridized carbons (Fsp3) is 0.889. The van der Waals surface area contributed by atoms with Gasteiger partial charge in [-0.2, -0.15) is 11.8 Å². The van der Waals surface area contributed by atoms with Crippen LogP contribution in [0.5, 0.6) is 0 Å². The van der Waals surface area contributed by atoms with Crippen LogP contribution in [0.2, 0.25) is 0 Å². The zero-order chi connectivity index (χ0) is 10.3. The topological polar surface area (TPSA) is 49.3 Å². The molecule has 0 aliphatic heterocycles. The molecule has 13 heavy (non-hydrogen) atoms.